The maximum absolute atomic E-state index is 13.5. The number of halogens is 4. The number of amides is 1. The number of ketones is 1. The largest absolute Gasteiger partial charge is 0.444 e. The number of piperidine rings is 1. The minimum absolute atomic E-state index is 0.0223. The Morgan fingerprint density at radius 3 is 2.23 bits per heavy atom. The SMILES string of the molecule is CC(C)(C)OC(=O)N1CCC(CCC(=O)CN(c2cc(C(F)(F)F)ccc2Cl)S(=O)(=O)c2ccccc2)CC1. The van der Waals surface area contributed by atoms with Crippen molar-refractivity contribution >= 4 is 39.2 Å². The van der Waals surface area contributed by atoms with Gasteiger partial charge in [-0.3, -0.25) is 9.10 Å². The Bertz CT molecular complexity index is 1270. The summed E-state index contributed by atoms with van der Waals surface area (Å²) < 4.78 is 73.2. The molecule has 12 heteroatoms. The van der Waals surface area contributed by atoms with Gasteiger partial charge in [0, 0.05) is 19.5 Å². The van der Waals surface area contributed by atoms with Crippen LogP contribution in [0, 0.1) is 5.92 Å². The number of Topliss-reactive ketones (excluding diaryl/α,β-unsaturated/α-hetero) is 1. The summed E-state index contributed by atoms with van der Waals surface area (Å²) >= 11 is 6.17. The Kier molecular flexibility index (Phi) is 9.59. The van der Waals surface area contributed by atoms with Crippen molar-refractivity contribution in [3.05, 3.63) is 59.1 Å². The third-order valence-electron chi connectivity index (χ3n) is 6.29. The molecule has 1 aliphatic heterocycles. The molecule has 1 fully saturated rings. The lowest BCUT2D eigenvalue weighted by molar-refractivity contribution is -0.137. The summed E-state index contributed by atoms with van der Waals surface area (Å²) in [7, 11) is -4.41. The number of sulfonamides is 1. The molecule has 0 aliphatic carbocycles. The number of rotatable bonds is 8. The third-order valence-corrected chi connectivity index (χ3v) is 8.38. The topological polar surface area (TPSA) is 84.0 Å². The van der Waals surface area contributed by atoms with Crippen LogP contribution >= 0.6 is 11.6 Å². The van der Waals surface area contributed by atoms with Gasteiger partial charge in [-0.15, -0.1) is 0 Å². The first kappa shape index (κ1) is 30.7. The molecule has 214 valence electrons. The molecule has 0 bridgehead atoms. The van der Waals surface area contributed by atoms with Crippen molar-refractivity contribution < 1.29 is 35.9 Å². The minimum Gasteiger partial charge on any atom is -0.444 e. The highest BCUT2D eigenvalue weighted by atomic mass is 35.5. The van der Waals surface area contributed by atoms with Crippen LogP contribution in [0.1, 0.15) is 52.0 Å². The first-order chi connectivity index (χ1) is 18.1. The molecule has 3 rings (SSSR count). The van der Waals surface area contributed by atoms with E-state index in [0.29, 0.717) is 42.7 Å². The smallest absolute Gasteiger partial charge is 0.416 e. The summed E-state index contributed by atoms with van der Waals surface area (Å²) in [6.45, 7) is 5.64. The van der Waals surface area contributed by atoms with Gasteiger partial charge in [0.1, 0.15) is 5.60 Å². The van der Waals surface area contributed by atoms with Gasteiger partial charge in [0.25, 0.3) is 10.0 Å². The summed E-state index contributed by atoms with van der Waals surface area (Å²) in [6.07, 6.45) is -3.35. The Morgan fingerprint density at radius 2 is 1.67 bits per heavy atom. The van der Waals surface area contributed by atoms with Crippen LogP contribution in [-0.4, -0.2) is 50.4 Å². The number of carbonyl (C=O) groups excluding carboxylic acids is 2. The molecule has 0 saturated carbocycles. The standard InChI is InChI=1S/C27H32ClF3N2O5S/c1-26(2,3)38-25(35)32-15-13-19(14-16-32)9-11-21(34)18-33(39(36,37)22-7-5-4-6-8-22)24-17-20(27(29,30)31)10-12-23(24)28/h4-8,10,12,17,19H,9,11,13-16,18H2,1-3H3. The molecule has 2 aromatic carbocycles. The van der Waals surface area contributed by atoms with Crippen LogP contribution in [0.2, 0.25) is 5.02 Å². The van der Waals surface area contributed by atoms with E-state index in [1.54, 1.807) is 31.7 Å². The first-order valence-electron chi connectivity index (χ1n) is 12.5. The van der Waals surface area contributed by atoms with Gasteiger partial charge in [0.05, 0.1) is 27.7 Å². The number of hydrogen-bond acceptors (Lipinski definition) is 5. The van der Waals surface area contributed by atoms with Crippen LogP contribution in [0.25, 0.3) is 0 Å². The van der Waals surface area contributed by atoms with Crippen molar-refractivity contribution in [2.45, 2.75) is 63.1 Å². The van der Waals surface area contributed by atoms with Gasteiger partial charge < -0.3 is 9.64 Å². The van der Waals surface area contributed by atoms with Crippen LogP contribution in [-0.2, 0) is 25.7 Å². The zero-order valence-electron chi connectivity index (χ0n) is 22.0. The summed E-state index contributed by atoms with van der Waals surface area (Å²) in [4.78, 5) is 26.7. The molecule has 0 N–H and O–H groups in total. The van der Waals surface area contributed by atoms with E-state index in [0.717, 1.165) is 12.1 Å². The highest BCUT2D eigenvalue weighted by Gasteiger charge is 2.35. The Morgan fingerprint density at radius 1 is 1.05 bits per heavy atom. The van der Waals surface area contributed by atoms with Crippen LogP contribution < -0.4 is 4.31 Å². The molecule has 0 radical (unpaired) electrons. The van der Waals surface area contributed by atoms with E-state index in [1.165, 1.54) is 24.3 Å². The van der Waals surface area contributed by atoms with Crippen molar-refractivity contribution in [1.82, 2.24) is 4.90 Å². The summed E-state index contributed by atoms with van der Waals surface area (Å²) in [5.41, 5.74) is -2.11. The van der Waals surface area contributed by atoms with Crippen LogP contribution in [0.5, 0.6) is 0 Å². The number of ether oxygens (including phenoxy) is 1. The fourth-order valence-electron chi connectivity index (χ4n) is 4.23. The number of likely N-dealkylation sites (tertiary alicyclic amines) is 1. The van der Waals surface area contributed by atoms with Gasteiger partial charge in [-0.25, -0.2) is 13.2 Å². The Hall–Kier alpha value is -2.79. The maximum Gasteiger partial charge on any atom is 0.416 e. The van der Waals surface area contributed by atoms with Crippen molar-refractivity contribution in [3.8, 4) is 0 Å². The Balaban J connectivity index is 1.74. The van der Waals surface area contributed by atoms with Gasteiger partial charge in [0.15, 0.2) is 5.78 Å². The number of alkyl halides is 3. The average molecular weight is 589 g/mol. The lowest BCUT2D eigenvalue weighted by atomic mass is 9.91. The van der Waals surface area contributed by atoms with Crippen LogP contribution in [0.3, 0.4) is 0 Å². The second-order valence-electron chi connectivity index (χ2n) is 10.5. The quantitative estimate of drug-likeness (QED) is 0.349. The fraction of sp³-hybridized carbons (Fsp3) is 0.481. The average Bonchev–Trinajstić information content (AvgIpc) is 2.85. The molecule has 1 heterocycles. The van der Waals surface area contributed by atoms with Crippen molar-refractivity contribution in [2.24, 2.45) is 5.92 Å². The zero-order chi connectivity index (χ0) is 29.0. The van der Waals surface area contributed by atoms with Crippen molar-refractivity contribution in [3.63, 3.8) is 0 Å². The van der Waals surface area contributed by atoms with E-state index >= 15 is 0 Å². The van der Waals surface area contributed by atoms with Crippen LogP contribution in [0.15, 0.2) is 53.4 Å². The Labute approximate surface area is 231 Å². The second kappa shape index (κ2) is 12.2. The van der Waals surface area contributed by atoms with Gasteiger partial charge in [-0.1, -0.05) is 29.8 Å². The lowest BCUT2D eigenvalue weighted by Crippen LogP contribution is -2.42. The second-order valence-corrected chi connectivity index (χ2v) is 12.7. The molecule has 0 aromatic heterocycles. The third kappa shape index (κ3) is 8.35. The van der Waals surface area contributed by atoms with Gasteiger partial charge in [-0.05, 0) is 76.3 Å². The molecule has 39 heavy (non-hydrogen) atoms. The predicted octanol–water partition coefficient (Wildman–Crippen LogP) is 6.55. The lowest BCUT2D eigenvalue weighted by Gasteiger charge is -2.33. The molecular formula is C27H32ClF3N2O5S. The van der Waals surface area contributed by atoms with Gasteiger partial charge in [0.2, 0.25) is 0 Å². The monoisotopic (exact) mass is 588 g/mol. The molecule has 0 spiro atoms. The van der Waals surface area contributed by atoms with E-state index in [2.05, 4.69) is 0 Å². The predicted molar refractivity (Wildman–Crippen MR) is 142 cm³/mol. The maximum atomic E-state index is 13.5. The molecule has 1 saturated heterocycles. The summed E-state index contributed by atoms with van der Waals surface area (Å²) in [5.74, 6) is -0.332. The normalized spacial score (nSPS) is 15.2. The molecule has 1 aliphatic rings. The minimum atomic E-state index is -4.74. The number of carbonyl (C=O) groups is 2. The van der Waals surface area contributed by atoms with Gasteiger partial charge >= 0.3 is 12.3 Å². The van der Waals surface area contributed by atoms with Crippen LogP contribution in [0.4, 0.5) is 23.7 Å². The zero-order valence-corrected chi connectivity index (χ0v) is 23.6. The first-order valence-corrected chi connectivity index (χ1v) is 14.3. The molecular weight excluding hydrogens is 557 g/mol. The molecule has 0 atom stereocenters. The molecule has 0 unspecified atom stereocenters. The van der Waals surface area contributed by atoms with E-state index in [1.807, 2.05) is 0 Å². The summed E-state index contributed by atoms with van der Waals surface area (Å²) in [5, 5.41) is -0.232. The molecule has 1 amide bonds. The van der Waals surface area contributed by atoms with E-state index in [-0.39, 0.29) is 22.3 Å². The van der Waals surface area contributed by atoms with Gasteiger partial charge in [-0.2, -0.15) is 13.2 Å². The highest BCUT2D eigenvalue weighted by molar-refractivity contribution is 7.92. The molecule has 2 aromatic rings. The fourth-order valence-corrected chi connectivity index (χ4v) is 5.98. The van der Waals surface area contributed by atoms with Crippen molar-refractivity contribution in [1.29, 1.82) is 0 Å². The van der Waals surface area contributed by atoms with E-state index < -0.39 is 51.5 Å². The molecule has 7 nitrogen and oxygen atoms in total. The number of nitrogens with zero attached hydrogens (tertiary/aromatic N) is 2. The highest BCUT2D eigenvalue weighted by Crippen LogP contribution is 2.37. The van der Waals surface area contributed by atoms with E-state index in [4.69, 9.17) is 16.3 Å². The van der Waals surface area contributed by atoms with Crippen molar-refractivity contribution in [2.75, 3.05) is 23.9 Å². The van der Waals surface area contributed by atoms with E-state index in [9.17, 15) is 31.2 Å². The number of hydrogen-bond donors (Lipinski definition) is 0. The number of anilines is 1. The number of benzene rings is 2. The summed E-state index contributed by atoms with van der Waals surface area (Å²) in [6, 6.07) is 9.51.